The summed E-state index contributed by atoms with van der Waals surface area (Å²) in [5, 5.41) is 6.82. The number of carbonyl (C=O) groups excluding carboxylic acids is 1. The average molecular weight is 252 g/mol. The first-order valence-electron chi connectivity index (χ1n) is 3.78. The minimum Gasteiger partial charge on any atom is -0.275 e. The van der Waals surface area contributed by atoms with E-state index in [0.29, 0.717) is 12.1 Å². The molecule has 0 amide bonds. The van der Waals surface area contributed by atoms with Gasteiger partial charge in [-0.15, -0.1) is 0 Å². The third kappa shape index (κ3) is 2.31. The van der Waals surface area contributed by atoms with Gasteiger partial charge in [-0.3, -0.25) is 4.79 Å². The molecule has 0 aliphatic rings. The van der Waals surface area contributed by atoms with Crippen LogP contribution in [-0.4, -0.2) is 5.24 Å². The van der Waals surface area contributed by atoms with Crippen molar-refractivity contribution in [3.8, 4) is 6.07 Å². The maximum absolute atomic E-state index is 13.1. The number of hydrogen-bond donors (Lipinski definition) is 0. The highest BCUT2D eigenvalue weighted by Gasteiger charge is 2.37. The number of nitrogens with zero attached hydrogens (tertiary/aromatic N) is 1. The van der Waals surface area contributed by atoms with Gasteiger partial charge in [0.1, 0.15) is 5.82 Å². The third-order valence-electron chi connectivity index (χ3n) is 1.72. The molecule has 7 heteroatoms. The normalized spacial score (nSPS) is 11.0. The Labute approximate surface area is 92.0 Å². The Kier molecular flexibility index (Phi) is 3.19. The predicted molar refractivity (Wildman–Crippen MR) is 46.3 cm³/mol. The van der Waals surface area contributed by atoms with Crippen molar-refractivity contribution in [1.29, 1.82) is 5.26 Å². The van der Waals surface area contributed by atoms with Crippen molar-refractivity contribution in [3.63, 3.8) is 0 Å². The van der Waals surface area contributed by atoms with Crippen molar-refractivity contribution in [1.82, 2.24) is 0 Å². The Morgan fingerprint density at radius 3 is 2.31 bits per heavy atom. The van der Waals surface area contributed by atoms with Crippen LogP contribution in [-0.2, 0) is 6.18 Å². The summed E-state index contributed by atoms with van der Waals surface area (Å²) in [6.07, 6.45) is -4.95. The zero-order valence-corrected chi connectivity index (χ0v) is 8.16. The molecule has 0 bridgehead atoms. The van der Waals surface area contributed by atoms with Gasteiger partial charge in [0.05, 0.1) is 22.8 Å². The van der Waals surface area contributed by atoms with Crippen molar-refractivity contribution < 1.29 is 22.4 Å². The largest absolute Gasteiger partial charge is 0.417 e. The van der Waals surface area contributed by atoms with Crippen molar-refractivity contribution in [2.45, 2.75) is 6.18 Å². The van der Waals surface area contributed by atoms with E-state index in [9.17, 15) is 22.4 Å². The van der Waals surface area contributed by atoms with Gasteiger partial charge >= 0.3 is 6.18 Å². The summed E-state index contributed by atoms with van der Waals surface area (Å²) in [4.78, 5) is 10.7. The second-order valence-electron chi connectivity index (χ2n) is 2.76. The smallest absolute Gasteiger partial charge is 0.275 e. The Hall–Kier alpha value is -1.61. The second-order valence-corrected chi connectivity index (χ2v) is 3.11. The number of rotatable bonds is 1. The molecule has 0 N–H and O–H groups in total. The number of hydrogen-bond acceptors (Lipinski definition) is 2. The summed E-state index contributed by atoms with van der Waals surface area (Å²) in [5.41, 5.74) is -3.36. The molecule has 0 unspecified atom stereocenters. The standard InChI is InChI=1S/C9H2ClF4NO/c10-8(16)7-5(9(12,13)14)1-4(3-15)2-6(7)11/h1-2H. The third-order valence-corrected chi connectivity index (χ3v) is 1.91. The van der Waals surface area contributed by atoms with Gasteiger partial charge < -0.3 is 0 Å². The maximum Gasteiger partial charge on any atom is 0.417 e. The fourth-order valence-electron chi connectivity index (χ4n) is 1.09. The summed E-state index contributed by atoms with van der Waals surface area (Å²) in [6, 6.07) is 2.24. The fraction of sp³-hybridized carbons (Fsp3) is 0.111. The zero-order valence-electron chi connectivity index (χ0n) is 7.40. The molecule has 0 atom stereocenters. The Bertz CT molecular complexity index is 490. The molecular weight excluding hydrogens is 250 g/mol. The van der Waals surface area contributed by atoms with E-state index >= 15 is 0 Å². The number of alkyl halides is 3. The molecule has 0 aliphatic carbocycles. The quantitative estimate of drug-likeness (QED) is 0.568. The molecule has 1 aromatic rings. The number of carbonyl (C=O) groups is 1. The van der Waals surface area contributed by atoms with Crippen molar-refractivity contribution in [3.05, 3.63) is 34.6 Å². The number of halogens is 5. The van der Waals surface area contributed by atoms with E-state index in [1.165, 1.54) is 6.07 Å². The first kappa shape index (κ1) is 12.5. The predicted octanol–water partition coefficient (Wildman–Crippen LogP) is 3.10. The van der Waals surface area contributed by atoms with Crippen LogP contribution >= 0.6 is 11.6 Å². The molecule has 0 aromatic heterocycles. The van der Waals surface area contributed by atoms with E-state index in [4.69, 9.17) is 16.9 Å². The van der Waals surface area contributed by atoms with Crippen LogP contribution in [0.1, 0.15) is 21.5 Å². The zero-order chi connectivity index (χ0) is 12.5. The summed E-state index contributed by atoms with van der Waals surface area (Å²) >= 11 is 4.85. The number of benzene rings is 1. The topological polar surface area (TPSA) is 40.9 Å². The lowest BCUT2D eigenvalue weighted by molar-refractivity contribution is -0.138. The first-order valence-corrected chi connectivity index (χ1v) is 4.16. The van der Waals surface area contributed by atoms with Crippen LogP contribution in [0, 0.1) is 17.1 Å². The van der Waals surface area contributed by atoms with Crippen LogP contribution in [0.15, 0.2) is 12.1 Å². The molecule has 0 saturated heterocycles. The van der Waals surface area contributed by atoms with Gasteiger partial charge in [-0.25, -0.2) is 4.39 Å². The van der Waals surface area contributed by atoms with Crippen LogP contribution in [0.3, 0.4) is 0 Å². The van der Waals surface area contributed by atoms with Gasteiger partial charge in [-0.1, -0.05) is 0 Å². The van der Waals surface area contributed by atoms with Gasteiger partial charge in [0.15, 0.2) is 0 Å². The van der Waals surface area contributed by atoms with E-state index in [-0.39, 0.29) is 0 Å². The van der Waals surface area contributed by atoms with E-state index in [1.807, 2.05) is 0 Å². The van der Waals surface area contributed by atoms with Crippen molar-refractivity contribution in [2.24, 2.45) is 0 Å². The van der Waals surface area contributed by atoms with E-state index < -0.39 is 33.9 Å². The first-order chi connectivity index (χ1) is 7.27. The Morgan fingerprint density at radius 1 is 1.38 bits per heavy atom. The summed E-state index contributed by atoms with van der Waals surface area (Å²) in [6.45, 7) is 0. The van der Waals surface area contributed by atoms with Gasteiger partial charge in [0.25, 0.3) is 5.24 Å². The van der Waals surface area contributed by atoms with Crippen molar-refractivity contribution >= 4 is 16.8 Å². The molecule has 0 spiro atoms. The molecule has 16 heavy (non-hydrogen) atoms. The Morgan fingerprint density at radius 2 is 1.94 bits per heavy atom. The molecule has 0 saturated carbocycles. The Balaban J connectivity index is 3.61. The van der Waals surface area contributed by atoms with Crippen LogP contribution in [0.5, 0.6) is 0 Å². The minimum atomic E-state index is -4.95. The molecular formula is C9H2ClF4NO. The van der Waals surface area contributed by atoms with E-state index in [2.05, 4.69) is 0 Å². The van der Waals surface area contributed by atoms with Crippen LogP contribution < -0.4 is 0 Å². The number of nitriles is 1. The van der Waals surface area contributed by atoms with Gasteiger partial charge in [-0.2, -0.15) is 18.4 Å². The molecule has 0 radical (unpaired) electrons. The molecule has 2 nitrogen and oxygen atoms in total. The van der Waals surface area contributed by atoms with Gasteiger partial charge in [-0.05, 0) is 23.7 Å². The second kappa shape index (κ2) is 4.10. The summed E-state index contributed by atoms with van der Waals surface area (Å²) in [5.74, 6) is -1.47. The fourth-order valence-corrected chi connectivity index (χ4v) is 1.29. The summed E-state index contributed by atoms with van der Waals surface area (Å²) < 4.78 is 50.4. The highest BCUT2D eigenvalue weighted by molar-refractivity contribution is 6.68. The molecule has 1 rings (SSSR count). The lowest BCUT2D eigenvalue weighted by Crippen LogP contribution is -2.13. The minimum absolute atomic E-state index is 0.374. The average Bonchev–Trinajstić information content (AvgIpc) is 2.14. The summed E-state index contributed by atoms with van der Waals surface area (Å²) in [7, 11) is 0. The van der Waals surface area contributed by atoms with Crippen LogP contribution in [0.25, 0.3) is 0 Å². The van der Waals surface area contributed by atoms with Crippen LogP contribution in [0.2, 0.25) is 0 Å². The molecule has 0 fully saturated rings. The SMILES string of the molecule is N#Cc1cc(F)c(C(=O)Cl)c(C(F)(F)F)c1. The monoisotopic (exact) mass is 251 g/mol. The molecule has 0 aliphatic heterocycles. The van der Waals surface area contributed by atoms with Gasteiger partial charge in [0.2, 0.25) is 0 Å². The highest BCUT2D eigenvalue weighted by Crippen LogP contribution is 2.34. The van der Waals surface area contributed by atoms with Crippen LogP contribution in [0.4, 0.5) is 17.6 Å². The maximum atomic E-state index is 13.1. The van der Waals surface area contributed by atoms with E-state index in [1.54, 1.807) is 0 Å². The highest BCUT2D eigenvalue weighted by atomic mass is 35.5. The van der Waals surface area contributed by atoms with Gasteiger partial charge in [0, 0.05) is 0 Å². The van der Waals surface area contributed by atoms with E-state index in [0.717, 1.165) is 0 Å². The van der Waals surface area contributed by atoms with Crippen molar-refractivity contribution in [2.75, 3.05) is 0 Å². The molecule has 1 aromatic carbocycles. The molecule has 84 valence electrons. The molecule has 0 heterocycles. The lowest BCUT2D eigenvalue weighted by Gasteiger charge is -2.11. The lowest BCUT2D eigenvalue weighted by atomic mass is 10.0.